The Morgan fingerprint density at radius 1 is 1.39 bits per heavy atom. The molecule has 18 heavy (non-hydrogen) atoms. The normalized spacial score (nSPS) is 23.9. The lowest BCUT2D eigenvalue weighted by atomic mass is 10.2. The summed E-state index contributed by atoms with van der Waals surface area (Å²) in [5, 5.41) is 10.4. The fourth-order valence-corrected chi connectivity index (χ4v) is 3.15. The highest BCUT2D eigenvalue weighted by Crippen LogP contribution is 2.34. The third kappa shape index (κ3) is 2.00. The first kappa shape index (κ1) is 12.3. The van der Waals surface area contributed by atoms with Gasteiger partial charge in [0, 0.05) is 11.1 Å². The summed E-state index contributed by atoms with van der Waals surface area (Å²) in [4.78, 5) is 4.53. The molecule has 0 amide bonds. The second-order valence-corrected chi connectivity index (χ2v) is 5.49. The van der Waals surface area contributed by atoms with Gasteiger partial charge in [0.05, 0.1) is 23.0 Å². The lowest BCUT2D eigenvalue weighted by molar-refractivity contribution is 0.178. The molecule has 1 aliphatic carbocycles. The van der Waals surface area contributed by atoms with Crippen molar-refractivity contribution < 1.29 is 5.11 Å². The molecule has 1 fully saturated rings. The Bertz CT molecular complexity index is 582. The second-order valence-electron chi connectivity index (χ2n) is 4.79. The molecule has 0 radical (unpaired) electrons. The Morgan fingerprint density at radius 2 is 2.22 bits per heavy atom. The van der Waals surface area contributed by atoms with Gasteiger partial charge in [-0.1, -0.05) is 11.6 Å². The first-order valence-corrected chi connectivity index (χ1v) is 7.00. The van der Waals surface area contributed by atoms with E-state index in [0.717, 1.165) is 36.1 Å². The number of aliphatic hydroxyl groups excluding tert-OH is 1. The number of aliphatic hydroxyl groups is 1. The van der Waals surface area contributed by atoms with Crippen LogP contribution in [0.2, 0.25) is 5.02 Å². The highest BCUT2D eigenvalue weighted by Gasteiger charge is 2.27. The third-order valence-corrected chi connectivity index (χ3v) is 4.06. The Morgan fingerprint density at radius 3 is 2.89 bits per heavy atom. The number of rotatable bonds is 2. The average molecular weight is 285 g/mol. The zero-order valence-electron chi connectivity index (χ0n) is 9.81. The molecule has 2 atom stereocenters. The molecule has 1 aromatic heterocycles. The topological polar surface area (TPSA) is 38.0 Å². The average Bonchev–Trinajstić information content (AvgIpc) is 2.91. The molecular weight excluding hydrogens is 271 g/mol. The smallest absolute Gasteiger partial charge is 0.125 e. The number of benzene rings is 1. The molecule has 3 rings (SSSR count). The molecule has 1 heterocycles. The van der Waals surface area contributed by atoms with Crippen molar-refractivity contribution in [1.29, 1.82) is 0 Å². The van der Waals surface area contributed by atoms with Gasteiger partial charge in [-0.15, -0.1) is 11.6 Å². The standard InChI is InChI=1S/C13H14Cl2N2O/c14-7-13-16-11-5-8(15)1-4-12(11)17(13)9-2-3-10(18)6-9/h1,4-5,9-10,18H,2-3,6-7H2. The molecular formula is C13H14Cl2N2O. The maximum Gasteiger partial charge on any atom is 0.125 e. The van der Waals surface area contributed by atoms with E-state index >= 15 is 0 Å². The predicted molar refractivity (Wildman–Crippen MR) is 73.2 cm³/mol. The third-order valence-electron chi connectivity index (χ3n) is 3.59. The molecule has 0 aliphatic heterocycles. The predicted octanol–water partition coefficient (Wildman–Crippen LogP) is 3.51. The lowest BCUT2D eigenvalue weighted by Crippen LogP contribution is -2.10. The summed E-state index contributed by atoms with van der Waals surface area (Å²) in [7, 11) is 0. The van der Waals surface area contributed by atoms with Crippen LogP contribution in [0.15, 0.2) is 18.2 Å². The van der Waals surface area contributed by atoms with Gasteiger partial charge < -0.3 is 9.67 Å². The van der Waals surface area contributed by atoms with Crippen LogP contribution in [0.5, 0.6) is 0 Å². The van der Waals surface area contributed by atoms with Crippen LogP contribution in [0, 0.1) is 0 Å². The number of nitrogens with zero attached hydrogens (tertiary/aromatic N) is 2. The summed E-state index contributed by atoms with van der Waals surface area (Å²) in [6.45, 7) is 0. The first-order valence-electron chi connectivity index (χ1n) is 6.09. The number of imidazole rings is 1. The van der Waals surface area contributed by atoms with E-state index in [2.05, 4.69) is 9.55 Å². The molecule has 0 bridgehead atoms. The van der Waals surface area contributed by atoms with Crippen LogP contribution in [0.1, 0.15) is 31.1 Å². The SMILES string of the molecule is OC1CCC(n2c(CCl)nc3cc(Cl)ccc32)C1. The van der Waals surface area contributed by atoms with Gasteiger partial charge >= 0.3 is 0 Å². The summed E-state index contributed by atoms with van der Waals surface area (Å²) < 4.78 is 2.16. The van der Waals surface area contributed by atoms with E-state index in [9.17, 15) is 5.11 Å². The molecule has 1 N–H and O–H groups in total. The van der Waals surface area contributed by atoms with Gasteiger partial charge in [0.2, 0.25) is 0 Å². The summed E-state index contributed by atoms with van der Waals surface area (Å²) in [6, 6.07) is 5.99. The van der Waals surface area contributed by atoms with Gasteiger partial charge in [-0.05, 0) is 37.5 Å². The maximum absolute atomic E-state index is 9.69. The molecule has 2 aromatic rings. The summed E-state index contributed by atoms with van der Waals surface area (Å²) in [5.74, 6) is 1.23. The van der Waals surface area contributed by atoms with Gasteiger partial charge in [-0.25, -0.2) is 4.98 Å². The number of hydrogen-bond donors (Lipinski definition) is 1. The van der Waals surface area contributed by atoms with Gasteiger partial charge in [0.15, 0.2) is 0 Å². The Balaban J connectivity index is 2.13. The summed E-state index contributed by atoms with van der Waals surface area (Å²) >= 11 is 12.0. The molecule has 1 aromatic carbocycles. The van der Waals surface area contributed by atoms with E-state index in [4.69, 9.17) is 23.2 Å². The highest BCUT2D eigenvalue weighted by atomic mass is 35.5. The van der Waals surface area contributed by atoms with E-state index in [1.807, 2.05) is 18.2 Å². The summed E-state index contributed by atoms with van der Waals surface area (Å²) in [6.07, 6.45) is 2.39. The van der Waals surface area contributed by atoms with E-state index in [1.54, 1.807) is 0 Å². The monoisotopic (exact) mass is 284 g/mol. The molecule has 3 nitrogen and oxygen atoms in total. The highest BCUT2D eigenvalue weighted by molar-refractivity contribution is 6.31. The van der Waals surface area contributed by atoms with Crippen LogP contribution in [-0.2, 0) is 5.88 Å². The van der Waals surface area contributed by atoms with Crippen molar-refractivity contribution in [1.82, 2.24) is 9.55 Å². The Labute approximate surface area is 115 Å². The van der Waals surface area contributed by atoms with Crippen molar-refractivity contribution in [3.8, 4) is 0 Å². The van der Waals surface area contributed by atoms with Crippen LogP contribution in [0.3, 0.4) is 0 Å². The molecule has 2 unspecified atom stereocenters. The number of aromatic nitrogens is 2. The number of fused-ring (bicyclic) bond motifs is 1. The van der Waals surface area contributed by atoms with E-state index < -0.39 is 0 Å². The van der Waals surface area contributed by atoms with Crippen LogP contribution in [0.25, 0.3) is 11.0 Å². The number of hydrogen-bond acceptors (Lipinski definition) is 2. The van der Waals surface area contributed by atoms with Crippen LogP contribution < -0.4 is 0 Å². The minimum absolute atomic E-state index is 0.206. The van der Waals surface area contributed by atoms with E-state index in [0.29, 0.717) is 16.9 Å². The number of alkyl halides is 1. The van der Waals surface area contributed by atoms with Crippen molar-refractivity contribution in [2.45, 2.75) is 37.3 Å². The molecule has 0 saturated heterocycles. The fraction of sp³-hybridized carbons (Fsp3) is 0.462. The maximum atomic E-state index is 9.69. The molecule has 0 spiro atoms. The molecule has 1 saturated carbocycles. The summed E-state index contributed by atoms with van der Waals surface area (Å²) in [5.41, 5.74) is 1.92. The lowest BCUT2D eigenvalue weighted by Gasteiger charge is -2.15. The number of halogens is 2. The fourth-order valence-electron chi connectivity index (χ4n) is 2.79. The minimum atomic E-state index is -0.206. The van der Waals surface area contributed by atoms with Gasteiger partial charge in [0.25, 0.3) is 0 Å². The van der Waals surface area contributed by atoms with Gasteiger partial charge in [0.1, 0.15) is 5.82 Å². The van der Waals surface area contributed by atoms with Crippen LogP contribution in [0.4, 0.5) is 0 Å². The van der Waals surface area contributed by atoms with Crippen molar-refractivity contribution in [2.24, 2.45) is 0 Å². The van der Waals surface area contributed by atoms with E-state index in [1.165, 1.54) is 0 Å². The van der Waals surface area contributed by atoms with Crippen molar-refractivity contribution in [3.63, 3.8) is 0 Å². The second kappa shape index (κ2) is 4.72. The zero-order valence-corrected chi connectivity index (χ0v) is 11.3. The quantitative estimate of drug-likeness (QED) is 0.857. The largest absolute Gasteiger partial charge is 0.393 e. The van der Waals surface area contributed by atoms with Crippen LogP contribution in [-0.4, -0.2) is 20.8 Å². The Hall–Kier alpha value is -0.770. The minimum Gasteiger partial charge on any atom is -0.393 e. The van der Waals surface area contributed by atoms with Gasteiger partial charge in [-0.3, -0.25) is 0 Å². The van der Waals surface area contributed by atoms with Crippen molar-refractivity contribution >= 4 is 34.2 Å². The van der Waals surface area contributed by atoms with Crippen molar-refractivity contribution in [3.05, 3.63) is 29.0 Å². The van der Waals surface area contributed by atoms with Crippen molar-refractivity contribution in [2.75, 3.05) is 0 Å². The molecule has 1 aliphatic rings. The van der Waals surface area contributed by atoms with Gasteiger partial charge in [-0.2, -0.15) is 0 Å². The van der Waals surface area contributed by atoms with Crippen LogP contribution >= 0.6 is 23.2 Å². The first-order chi connectivity index (χ1) is 8.69. The molecule has 96 valence electrons. The zero-order chi connectivity index (χ0) is 12.7. The Kier molecular flexibility index (Phi) is 3.22. The van der Waals surface area contributed by atoms with E-state index in [-0.39, 0.29) is 6.10 Å². The molecule has 5 heteroatoms.